The van der Waals surface area contributed by atoms with Crippen LogP contribution in [0.15, 0.2) is 54.2 Å². The van der Waals surface area contributed by atoms with Gasteiger partial charge in [-0.2, -0.15) is 0 Å². The monoisotopic (exact) mass is 285 g/mol. The molecule has 2 aromatic rings. The van der Waals surface area contributed by atoms with E-state index in [-0.39, 0.29) is 5.70 Å². The number of hydrogen-bond acceptors (Lipinski definition) is 4. The summed E-state index contributed by atoms with van der Waals surface area (Å²) >= 11 is 0. The van der Waals surface area contributed by atoms with E-state index in [1.54, 1.807) is 18.2 Å². The van der Waals surface area contributed by atoms with Crippen molar-refractivity contribution in [3.63, 3.8) is 0 Å². The molecule has 0 aliphatic rings. The van der Waals surface area contributed by atoms with E-state index < -0.39 is 4.92 Å². The second kappa shape index (κ2) is 6.56. The largest absolute Gasteiger partial charge is 0.493 e. The lowest BCUT2D eigenvalue weighted by Gasteiger charge is -2.10. The first kappa shape index (κ1) is 14.6. The highest BCUT2D eigenvalue weighted by molar-refractivity contribution is 5.57. The van der Waals surface area contributed by atoms with Crippen molar-refractivity contribution in [3.8, 4) is 17.2 Å². The minimum atomic E-state index is -0.430. The lowest BCUT2D eigenvalue weighted by Crippen LogP contribution is -1.94. The molecular formula is C16H15NO4. The van der Waals surface area contributed by atoms with Gasteiger partial charge in [-0.3, -0.25) is 10.1 Å². The maximum Gasteiger partial charge on any atom is 0.243 e. The van der Waals surface area contributed by atoms with Gasteiger partial charge in [0.2, 0.25) is 5.70 Å². The van der Waals surface area contributed by atoms with Crippen molar-refractivity contribution < 1.29 is 14.4 Å². The fourth-order valence-corrected chi connectivity index (χ4v) is 1.77. The molecule has 21 heavy (non-hydrogen) atoms. The Morgan fingerprint density at radius 3 is 2.48 bits per heavy atom. The van der Waals surface area contributed by atoms with Crippen molar-refractivity contribution in [1.82, 2.24) is 0 Å². The van der Waals surface area contributed by atoms with Crippen LogP contribution >= 0.6 is 0 Å². The third-order valence-corrected chi connectivity index (χ3v) is 2.82. The van der Waals surface area contributed by atoms with E-state index in [2.05, 4.69) is 0 Å². The summed E-state index contributed by atoms with van der Waals surface area (Å²) in [6.07, 6.45) is 1.48. The maximum atomic E-state index is 10.6. The number of rotatable bonds is 5. The van der Waals surface area contributed by atoms with Gasteiger partial charge in [-0.15, -0.1) is 0 Å². The first-order valence-corrected chi connectivity index (χ1v) is 6.34. The average Bonchev–Trinajstić information content (AvgIpc) is 2.49. The fraction of sp³-hybridized carbons (Fsp3) is 0.125. The van der Waals surface area contributed by atoms with E-state index in [0.29, 0.717) is 22.8 Å². The van der Waals surface area contributed by atoms with Crippen LogP contribution in [0.4, 0.5) is 0 Å². The normalized spacial score (nSPS) is 11.0. The zero-order chi connectivity index (χ0) is 15.2. The van der Waals surface area contributed by atoms with Gasteiger partial charge in [0, 0.05) is 13.0 Å². The number of nitrogens with zero attached hydrogens (tertiary/aromatic N) is 1. The van der Waals surface area contributed by atoms with Crippen LogP contribution in [0, 0.1) is 10.1 Å². The van der Waals surface area contributed by atoms with Gasteiger partial charge in [-0.25, -0.2) is 0 Å². The molecule has 0 aliphatic heterocycles. The Morgan fingerprint density at radius 2 is 1.86 bits per heavy atom. The highest BCUT2D eigenvalue weighted by Gasteiger charge is 2.08. The molecule has 0 spiro atoms. The van der Waals surface area contributed by atoms with Crippen LogP contribution in [0.3, 0.4) is 0 Å². The number of methoxy groups -OCH3 is 1. The Morgan fingerprint density at radius 1 is 1.14 bits per heavy atom. The second-order valence-corrected chi connectivity index (χ2v) is 4.37. The molecule has 0 fully saturated rings. The van der Waals surface area contributed by atoms with Gasteiger partial charge in [0.1, 0.15) is 5.75 Å². The maximum absolute atomic E-state index is 10.6. The van der Waals surface area contributed by atoms with Gasteiger partial charge in [0.15, 0.2) is 11.5 Å². The summed E-state index contributed by atoms with van der Waals surface area (Å²) < 4.78 is 11.0. The van der Waals surface area contributed by atoms with E-state index in [1.165, 1.54) is 20.1 Å². The summed E-state index contributed by atoms with van der Waals surface area (Å²) in [4.78, 5) is 10.2. The van der Waals surface area contributed by atoms with E-state index in [1.807, 2.05) is 30.3 Å². The van der Waals surface area contributed by atoms with E-state index in [4.69, 9.17) is 9.47 Å². The Labute approximate surface area is 122 Å². The third kappa shape index (κ3) is 3.82. The zero-order valence-corrected chi connectivity index (χ0v) is 11.8. The molecule has 108 valence electrons. The van der Waals surface area contributed by atoms with Crippen molar-refractivity contribution in [1.29, 1.82) is 0 Å². The van der Waals surface area contributed by atoms with Crippen molar-refractivity contribution in [2.45, 2.75) is 6.92 Å². The predicted molar refractivity (Wildman–Crippen MR) is 80.2 cm³/mol. The number of ether oxygens (including phenoxy) is 2. The van der Waals surface area contributed by atoms with Crippen molar-refractivity contribution in [3.05, 3.63) is 69.9 Å². The minimum Gasteiger partial charge on any atom is -0.493 e. The Kier molecular flexibility index (Phi) is 4.56. The predicted octanol–water partition coefficient (Wildman–Crippen LogP) is 4.13. The van der Waals surface area contributed by atoms with Crippen LogP contribution in [0.5, 0.6) is 17.2 Å². The molecule has 0 atom stereocenters. The summed E-state index contributed by atoms with van der Waals surface area (Å²) in [5.74, 6) is 1.77. The van der Waals surface area contributed by atoms with Gasteiger partial charge in [0.05, 0.1) is 12.0 Å². The molecule has 0 saturated heterocycles. The molecule has 0 radical (unpaired) electrons. The van der Waals surface area contributed by atoms with Gasteiger partial charge in [-0.05, 0) is 29.8 Å². The highest BCUT2D eigenvalue weighted by Crippen LogP contribution is 2.32. The molecule has 5 nitrogen and oxygen atoms in total. The first-order chi connectivity index (χ1) is 10.1. The second-order valence-electron chi connectivity index (χ2n) is 4.37. The van der Waals surface area contributed by atoms with Crippen LogP contribution < -0.4 is 9.47 Å². The van der Waals surface area contributed by atoms with E-state index in [0.717, 1.165) is 0 Å². The smallest absolute Gasteiger partial charge is 0.243 e. The van der Waals surface area contributed by atoms with Crippen molar-refractivity contribution in [2.75, 3.05) is 7.11 Å². The SMILES string of the molecule is COc1cc(C=C(C)[N+](=O)[O-])ccc1Oc1ccccc1. The van der Waals surface area contributed by atoms with Gasteiger partial charge in [-0.1, -0.05) is 24.3 Å². The standard InChI is InChI=1S/C16H15NO4/c1-12(17(18)19)10-13-8-9-15(16(11-13)20-2)21-14-6-4-3-5-7-14/h3-11H,1-2H3. The number of para-hydroxylation sites is 1. The van der Waals surface area contributed by atoms with Gasteiger partial charge in [0.25, 0.3) is 0 Å². The molecule has 0 heterocycles. The Hall–Kier alpha value is -2.82. The third-order valence-electron chi connectivity index (χ3n) is 2.82. The quantitative estimate of drug-likeness (QED) is 0.612. The molecule has 2 aromatic carbocycles. The lowest BCUT2D eigenvalue weighted by molar-refractivity contribution is -0.422. The topological polar surface area (TPSA) is 61.6 Å². The number of hydrogen-bond donors (Lipinski definition) is 0. The Bertz CT molecular complexity index is 665. The van der Waals surface area contributed by atoms with Gasteiger partial charge >= 0.3 is 0 Å². The fourth-order valence-electron chi connectivity index (χ4n) is 1.77. The first-order valence-electron chi connectivity index (χ1n) is 6.34. The lowest BCUT2D eigenvalue weighted by atomic mass is 10.1. The van der Waals surface area contributed by atoms with Crippen LogP contribution in [0.25, 0.3) is 6.08 Å². The molecule has 0 aliphatic carbocycles. The van der Waals surface area contributed by atoms with Crippen LogP contribution in [0.2, 0.25) is 0 Å². The zero-order valence-electron chi connectivity index (χ0n) is 11.8. The molecule has 2 rings (SSSR count). The summed E-state index contributed by atoms with van der Waals surface area (Å²) in [7, 11) is 1.53. The summed E-state index contributed by atoms with van der Waals surface area (Å²) in [5, 5.41) is 10.6. The highest BCUT2D eigenvalue weighted by atomic mass is 16.6. The van der Waals surface area contributed by atoms with Crippen molar-refractivity contribution in [2.24, 2.45) is 0 Å². The molecule has 0 bridgehead atoms. The molecule has 0 N–H and O–H groups in total. The molecular weight excluding hydrogens is 270 g/mol. The van der Waals surface area contributed by atoms with E-state index >= 15 is 0 Å². The molecule has 0 unspecified atom stereocenters. The number of benzene rings is 2. The average molecular weight is 285 g/mol. The van der Waals surface area contributed by atoms with Crippen LogP contribution in [-0.2, 0) is 0 Å². The molecule has 0 saturated carbocycles. The summed E-state index contributed by atoms with van der Waals surface area (Å²) in [6.45, 7) is 1.45. The number of allylic oxidation sites excluding steroid dienone is 1. The van der Waals surface area contributed by atoms with Crippen LogP contribution in [0.1, 0.15) is 12.5 Å². The summed E-state index contributed by atoms with van der Waals surface area (Å²) in [5.41, 5.74) is 0.746. The summed E-state index contributed by atoms with van der Waals surface area (Å²) in [6, 6.07) is 14.5. The van der Waals surface area contributed by atoms with Crippen molar-refractivity contribution >= 4 is 6.08 Å². The van der Waals surface area contributed by atoms with Gasteiger partial charge < -0.3 is 9.47 Å². The van der Waals surface area contributed by atoms with Crippen LogP contribution in [-0.4, -0.2) is 12.0 Å². The molecule has 0 aromatic heterocycles. The molecule has 5 heteroatoms. The number of nitro groups is 1. The van der Waals surface area contributed by atoms with E-state index in [9.17, 15) is 10.1 Å². The Balaban J connectivity index is 2.29. The molecule has 0 amide bonds. The minimum absolute atomic E-state index is 0.0637.